The Balaban J connectivity index is 1.49. The van der Waals surface area contributed by atoms with Crippen molar-refractivity contribution in [3.63, 3.8) is 0 Å². The number of rotatable bonds is 4. The van der Waals surface area contributed by atoms with Crippen LogP contribution in [0.1, 0.15) is 34.6 Å². The predicted octanol–water partition coefficient (Wildman–Crippen LogP) is 6.13. The number of phenols is 1. The van der Waals surface area contributed by atoms with E-state index in [1.165, 1.54) is 5.56 Å². The largest absolute Gasteiger partial charge is 0.503 e. The minimum absolute atomic E-state index is 0.215. The fourth-order valence-electron chi connectivity index (χ4n) is 4.29. The Morgan fingerprint density at radius 2 is 1.72 bits per heavy atom. The molecule has 2 aliphatic carbocycles. The van der Waals surface area contributed by atoms with Gasteiger partial charge in [0.1, 0.15) is 12.4 Å². The van der Waals surface area contributed by atoms with Crippen molar-refractivity contribution in [2.75, 3.05) is 0 Å². The van der Waals surface area contributed by atoms with Crippen LogP contribution in [-0.2, 0) is 19.2 Å². The highest BCUT2D eigenvalue weighted by Gasteiger charge is 2.45. The van der Waals surface area contributed by atoms with Crippen molar-refractivity contribution in [2.24, 2.45) is 5.92 Å². The van der Waals surface area contributed by atoms with Crippen molar-refractivity contribution in [3.8, 4) is 22.8 Å². The minimum atomic E-state index is -4.98. The first kappa shape index (κ1) is 20.7. The highest BCUT2D eigenvalue weighted by molar-refractivity contribution is 5.70. The van der Waals surface area contributed by atoms with Crippen molar-refractivity contribution >= 4 is 0 Å². The van der Waals surface area contributed by atoms with Gasteiger partial charge in [0.2, 0.25) is 5.88 Å². The molecule has 0 amide bonds. The number of benzene rings is 2. The number of aromatic hydroxyl groups is 1. The zero-order valence-corrected chi connectivity index (χ0v) is 16.3. The van der Waals surface area contributed by atoms with Crippen LogP contribution in [-0.4, -0.2) is 10.1 Å². The molecule has 0 saturated heterocycles. The fourth-order valence-corrected chi connectivity index (χ4v) is 4.29. The summed E-state index contributed by atoms with van der Waals surface area (Å²) in [5, 5.41) is 9.24. The maximum absolute atomic E-state index is 14.5. The van der Waals surface area contributed by atoms with Gasteiger partial charge in [-0.05, 0) is 71.2 Å². The van der Waals surface area contributed by atoms with Gasteiger partial charge in [-0.1, -0.05) is 0 Å². The lowest BCUT2D eigenvalue weighted by atomic mass is 9.96. The molecule has 1 aromatic heterocycles. The standard InChI is InChI=1S/C23H15F6NO2/c24-18-7-17(23(27,28)29)15(12-4-19(25)22(31)20(26)5-12)3-13(18)9-32-21-6-11-1-10-2-14(10)16(11)8-30-21/h3-8,10,14,31H,1-2,9H2. The van der Waals surface area contributed by atoms with Gasteiger partial charge < -0.3 is 9.84 Å². The zero-order chi connectivity index (χ0) is 22.8. The van der Waals surface area contributed by atoms with E-state index in [1.807, 2.05) is 0 Å². The molecule has 1 saturated carbocycles. The second kappa shape index (κ2) is 7.15. The SMILES string of the molecule is Oc1c(F)cc(-c2cc(COc3cc4c(cn3)C3CC3C4)c(F)cc2C(F)(F)F)cc1F. The maximum Gasteiger partial charge on any atom is 0.417 e. The molecule has 166 valence electrons. The summed E-state index contributed by atoms with van der Waals surface area (Å²) < 4.78 is 88.0. The van der Waals surface area contributed by atoms with Crippen LogP contribution in [0.2, 0.25) is 0 Å². The predicted molar refractivity (Wildman–Crippen MR) is 102 cm³/mol. The number of nitrogens with zero attached hydrogens (tertiary/aromatic N) is 1. The third kappa shape index (κ3) is 3.55. The molecular formula is C23H15F6NO2. The molecule has 9 heteroatoms. The number of hydrogen-bond acceptors (Lipinski definition) is 3. The lowest BCUT2D eigenvalue weighted by Gasteiger charge is -2.16. The summed E-state index contributed by atoms with van der Waals surface area (Å²) in [6.45, 7) is -0.432. The molecule has 0 bridgehead atoms. The van der Waals surface area contributed by atoms with Crippen LogP contribution in [0, 0.1) is 23.4 Å². The molecule has 1 heterocycles. The summed E-state index contributed by atoms with van der Waals surface area (Å²) >= 11 is 0. The van der Waals surface area contributed by atoms with Crippen molar-refractivity contribution < 1.29 is 36.2 Å². The van der Waals surface area contributed by atoms with Gasteiger partial charge in [0.15, 0.2) is 17.4 Å². The highest BCUT2D eigenvalue weighted by atomic mass is 19.4. The molecule has 32 heavy (non-hydrogen) atoms. The van der Waals surface area contributed by atoms with E-state index in [0.29, 0.717) is 24.0 Å². The van der Waals surface area contributed by atoms with Gasteiger partial charge in [-0.2, -0.15) is 13.2 Å². The number of pyridine rings is 1. The van der Waals surface area contributed by atoms with Crippen molar-refractivity contribution in [2.45, 2.75) is 31.5 Å². The van der Waals surface area contributed by atoms with Gasteiger partial charge in [-0.3, -0.25) is 0 Å². The molecule has 2 atom stereocenters. The average molecular weight is 451 g/mol. The van der Waals surface area contributed by atoms with Crippen LogP contribution >= 0.6 is 0 Å². The summed E-state index contributed by atoms with van der Waals surface area (Å²) in [7, 11) is 0. The third-order valence-electron chi connectivity index (χ3n) is 6.00. The van der Waals surface area contributed by atoms with Gasteiger partial charge >= 0.3 is 6.18 Å². The number of ether oxygens (including phenoxy) is 1. The van der Waals surface area contributed by atoms with E-state index >= 15 is 0 Å². The van der Waals surface area contributed by atoms with Gasteiger partial charge in [0.05, 0.1) is 5.56 Å². The summed E-state index contributed by atoms with van der Waals surface area (Å²) in [6, 6.07) is 3.96. The Morgan fingerprint density at radius 3 is 2.41 bits per heavy atom. The summed E-state index contributed by atoms with van der Waals surface area (Å²) in [5.41, 5.74) is -0.523. The molecular weight excluding hydrogens is 436 g/mol. The monoisotopic (exact) mass is 451 g/mol. The lowest BCUT2D eigenvalue weighted by molar-refractivity contribution is -0.137. The number of halogens is 6. The summed E-state index contributed by atoms with van der Waals surface area (Å²) in [5.74, 6) is -3.98. The Labute approximate surface area is 178 Å². The first-order chi connectivity index (χ1) is 15.1. The van der Waals surface area contributed by atoms with E-state index in [1.54, 1.807) is 12.3 Å². The molecule has 2 aromatic carbocycles. The first-order valence-electron chi connectivity index (χ1n) is 9.81. The molecule has 1 N–H and O–H groups in total. The molecule has 2 unspecified atom stereocenters. The zero-order valence-electron chi connectivity index (χ0n) is 16.3. The van der Waals surface area contributed by atoms with E-state index in [0.717, 1.165) is 24.5 Å². The van der Waals surface area contributed by atoms with Gasteiger partial charge in [-0.25, -0.2) is 18.2 Å². The summed E-state index contributed by atoms with van der Waals surface area (Å²) in [4.78, 5) is 4.19. The van der Waals surface area contributed by atoms with Crippen molar-refractivity contribution in [3.05, 3.63) is 76.2 Å². The summed E-state index contributed by atoms with van der Waals surface area (Å²) in [6.07, 6.45) is -1.22. The number of fused-ring (bicyclic) bond motifs is 3. The fraction of sp³-hybridized carbons (Fsp3) is 0.261. The highest BCUT2D eigenvalue weighted by Crippen LogP contribution is 2.56. The molecule has 0 aliphatic heterocycles. The molecule has 1 fully saturated rings. The minimum Gasteiger partial charge on any atom is -0.503 e. The Kier molecular flexibility index (Phi) is 4.61. The van der Waals surface area contributed by atoms with Crippen molar-refractivity contribution in [1.82, 2.24) is 4.98 Å². The van der Waals surface area contributed by atoms with Crippen LogP contribution in [0.3, 0.4) is 0 Å². The Bertz CT molecular complexity index is 1220. The quantitative estimate of drug-likeness (QED) is 0.486. The van der Waals surface area contributed by atoms with Gasteiger partial charge in [0, 0.05) is 17.8 Å². The molecule has 5 rings (SSSR count). The van der Waals surface area contributed by atoms with Gasteiger partial charge in [0.25, 0.3) is 0 Å². The van der Waals surface area contributed by atoms with E-state index in [2.05, 4.69) is 4.98 Å². The van der Waals surface area contributed by atoms with Crippen LogP contribution in [0.4, 0.5) is 26.3 Å². The Hall–Kier alpha value is -3.23. The molecule has 3 aromatic rings. The second-order valence-corrected chi connectivity index (χ2v) is 8.09. The normalized spacial score (nSPS) is 18.9. The topological polar surface area (TPSA) is 42.4 Å². The van der Waals surface area contributed by atoms with E-state index < -0.39 is 52.7 Å². The second-order valence-electron chi connectivity index (χ2n) is 8.09. The average Bonchev–Trinajstić information content (AvgIpc) is 3.40. The lowest BCUT2D eigenvalue weighted by Crippen LogP contribution is -2.10. The van der Waals surface area contributed by atoms with Crippen LogP contribution < -0.4 is 4.74 Å². The van der Waals surface area contributed by atoms with Crippen LogP contribution in [0.5, 0.6) is 11.6 Å². The molecule has 3 nitrogen and oxygen atoms in total. The van der Waals surface area contributed by atoms with E-state index in [4.69, 9.17) is 4.74 Å². The third-order valence-corrected chi connectivity index (χ3v) is 6.00. The molecule has 2 aliphatic rings. The maximum atomic E-state index is 14.5. The number of aromatic nitrogens is 1. The number of alkyl halides is 3. The first-order valence-corrected chi connectivity index (χ1v) is 9.81. The molecule has 0 radical (unpaired) electrons. The van der Waals surface area contributed by atoms with Crippen LogP contribution in [0.25, 0.3) is 11.1 Å². The van der Waals surface area contributed by atoms with Crippen molar-refractivity contribution in [1.29, 1.82) is 0 Å². The van der Waals surface area contributed by atoms with E-state index in [-0.39, 0.29) is 17.5 Å². The smallest absolute Gasteiger partial charge is 0.417 e. The van der Waals surface area contributed by atoms with Gasteiger partial charge in [-0.15, -0.1) is 0 Å². The van der Waals surface area contributed by atoms with E-state index in [9.17, 15) is 31.4 Å². The Morgan fingerprint density at radius 1 is 1.00 bits per heavy atom. The number of hydrogen-bond donors (Lipinski definition) is 1. The molecule has 0 spiro atoms. The van der Waals surface area contributed by atoms with Crippen LogP contribution in [0.15, 0.2) is 36.5 Å². The number of phenolic OH excluding ortho intramolecular Hbond substituents is 1.